The van der Waals surface area contributed by atoms with Crippen molar-refractivity contribution < 1.29 is 12.9 Å². The molecule has 0 bridgehead atoms. The molecule has 0 aliphatic heterocycles. The van der Waals surface area contributed by atoms with Crippen LogP contribution in [-0.2, 0) is 10.0 Å². The van der Waals surface area contributed by atoms with Crippen molar-refractivity contribution >= 4 is 37.5 Å². The number of hydrogen-bond donors (Lipinski definition) is 2. The lowest BCUT2D eigenvalue weighted by Crippen LogP contribution is -2.12. The molecule has 8 heteroatoms. The molecule has 1 aromatic carbocycles. The highest BCUT2D eigenvalue weighted by molar-refractivity contribution is 9.10. The fourth-order valence-electron chi connectivity index (χ4n) is 1.28. The molecule has 6 nitrogen and oxygen atoms in total. The van der Waals surface area contributed by atoms with Gasteiger partial charge < -0.3 is 10.3 Å². The van der Waals surface area contributed by atoms with Crippen LogP contribution < -0.4 is 10.5 Å². The van der Waals surface area contributed by atoms with E-state index in [0.717, 1.165) is 0 Å². The number of nitrogens with zero attached hydrogens (tertiary/aromatic N) is 1. The number of anilines is 2. The van der Waals surface area contributed by atoms with E-state index in [0.29, 0.717) is 15.9 Å². The van der Waals surface area contributed by atoms with Crippen molar-refractivity contribution in [2.24, 2.45) is 0 Å². The van der Waals surface area contributed by atoms with Crippen molar-refractivity contribution in [3.05, 3.63) is 34.4 Å². The zero-order valence-corrected chi connectivity index (χ0v) is 11.7. The fraction of sp³-hybridized carbons (Fsp3) is 0.100. The van der Waals surface area contributed by atoms with Gasteiger partial charge in [-0.25, -0.2) is 13.1 Å². The van der Waals surface area contributed by atoms with Gasteiger partial charge in [-0.3, -0.25) is 0 Å². The summed E-state index contributed by atoms with van der Waals surface area (Å²) < 4.78 is 31.6. The van der Waals surface area contributed by atoms with E-state index in [1.807, 2.05) is 0 Å². The van der Waals surface area contributed by atoms with Gasteiger partial charge in [-0.1, -0.05) is 5.16 Å². The Kier molecular flexibility index (Phi) is 3.31. The van der Waals surface area contributed by atoms with E-state index in [-0.39, 0.29) is 10.8 Å². The molecule has 0 aliphatic carbocycles. The summed E-state index contributed by atoms with van der Waals surface area (Å²) in [5, 5.41) is 3.59. The monoisotopic (exact) mass is 331 g/mol. The third-order valence-corrected chi connectivity index (χ3v) is 4.18. The van der Waals surface area contributed by atoms with Gasteiger partial charge in [-0.15, -0.1) is 0 Å². The molecule has 2 rings (SSSR count). The summed E-state index contributed by atoms with van der Waals surface area (Å²) >= 11 is 3.18. The second-order valence-corrected chi connectivity index (χ2v) is 6.16. The summed E-state index contributed by atoms with van der Waals surface area (Å²) in [6, 6.07) is 5.82. The van der Waals surface area contributed by atoms with Crippen LogP contribution in [0.2, 0.25) is 0 Å². The van der Waals surface area contributed by atoms with Crippen molar-refractivity contribution in [1.29, 1.82) is 0 Å². The van der Waals surface area contributed by atoms with E-state index < -0.39 is 10.0 Å². The first kappa shape index (κ1) is 12.9. The van der Waals surface area contributed by atoms with Crippen LogP contribution in [0, 0.1) is 6.92 Å². The van der Waals surface area contributed by atoms with E-state index in [1.54, 1.807) is 6.92 Å². The van der Waals surface area contributed by atoms with E-state index in [2.05, 4.69) is 25.8 Å². The summed E-state index contributed by atoms with van der Waals surface area (Å²) in [6.07, 6.45) is 0. The van der Waals surface area contributed by atoms with Gasteiger partial charge in [0.1, 0.15) is 0 Å². The largest absolute Gasteiger partial charge is 0.398 e. The van der Waals surface area contributed by atoms with Crippen LogP contribution >= 0.6 is 15.9 Å². The minimum Gasteiger partial charge on any atom is -0.398 e. The Morgan fingerprint density at radius 1 is 1.39 bits per heavy atom. The molecule has 0 amide bonds. The lowest BCUT2D eigenvalue weighted by Gasteiger charge is -2.06. The number of nitrogen functional groups attached to an aromatic ring is 1. The topological polar surface area (TPSA) is 98.2 Å². The second-order valence-electron chi connectivity index (χ2n) is 3.62. The molecule has 2 aromatic rings. The van der Waals surface area contributed by atoms with Crippen LogP contribution in [0.5, 0.6) is 0 Å². The summed E-state index contributed by atoms with van der Waals surface area (Å²) in [7, 11) is -3.71. The maximum atomic E-state index is 12.0. The molecule has 0 saturated carbocycles. The number of sulfonamides is 1. The first-order chi connectivity index (χ1) is 8.38. The molecule has 18 heavy (non-hydrogen) atoms. The Bertz CT molecular complexity index is 681. The number of rotatable bonds is 3. The van der Waals surface area contributed by atoms with Gasteiger partial charge in [0.05, 0.1) is 10.6 Å². The number of aryl methyl sites for hydroxylation is 1. The van der Waals surface area contributed by atoms with Crippen molar-refractivity contribution in [1.82, 2.24) is 5.16 Å². The summed E-state index contributed by atoms with van der Waals surface area (Å²) in [6.45, 7) is 1.70. The van der Waals surface area contributed by atoms with E-state index >= 15 is 0 Å². The Morgan fingerprint density at radius 3 is 2.67 bits per heavy atom. The first-order valence-electron chi connectivity index (χ1n) is 4.89. The van der Waals surface area contributed by atoms with Crippen molar-refractivity contribution in [2.45, 2.75) is 11.8 Å². The van der Waals surface area contributed by atoms with Crippen molar-refractivity contribution in [3.63, 3.8) is 0 Å². The quantitative estimate of drug-likeness (QED) is 0.839. The molecular weight excluding hydrogens is 322 g/mol. The molecule has 1 aromatic heterocycles. The predicted molar refractivity (Wildman–Crippen MR) is 70.6 cm³/mol. The van der Waals surface area contributed by atoms with E-state index in [1.165, 1.54) is 24.3 Å². The average Bonchev–Trinajstić information content (AvgIpc) is 2.67. The standard InChI is InChI=1S/C10H10BrN3O3S/c1-6-4-10(17-13-6)14-18(15,16)7-2-3-9(12)8(11)5-7/h2-5,14H,12H2,1H3. The van der Waals surface area contributed by atoms with Crippen molar-refractivity contribution in [2.75, 3.05) is 10.5 Å². The maximum Gasteiger partial charge on any atom is 0.264 e. The molecule has 0 fully saturated rings. The van der Waals surface area contributed by atoms with Gasteiger partial charge in [0.25, 0.3) is 10.0 Å². The number of hydrogen-bond acceptors (Lipinski definition) is 5. The zero-order chi connectivity index (χ0) is 13.3. The van der Waals surface area contributed by atoms with Crippen LogP contribution in [-0.4, -0.2) is 13.6 Å². The highest BCUT2D eigenvalue weighted by Gasteiger charge is 2.17. The average molecular weight is 332 g/mol. The van der Waals surface area contributed by atoms with Crippen LogP contribution in [0.15, 0.2) is 38.2 Å². The first-order valence-corrected chi connectivity index (χ1v) is 7.17. The summed E-state index contributed by atoms with van der Waals surface area (Å²) in [5.41, 5.74) is 6.65. The lowest BCUT2D eigenvalue weighted by molar-refractivity contribution is 0.430. The zero-order valence-electron chi connectivity index (χ0n) is 9.34. The van der Waals surface area contributed by atoms with Gasteiger partial charge >= 0.3 is 0 Å². The molecule has 1 heterocycles. The molecule has 0 atom stereocenters. The number of nitrogens with one attached hydrogen (secondary N) is 1. The van der Waals surface area contributed by atoms with E-state index in [4.69, 9.17) is 10.3 Å². The van der Waals surface area contributed by atoms with Gasteiger partial charge in [0.15, 0.2) is 0 Å². The van der Waals surface area contributed by atoms with Crippen molar-refractivity contribution in [3.8, 4) is 0 Å². The Morgan fingerprint density at radius 2 is 2.11 bits per heavy atom. The van der Waals surface area contributed by atoms with Crippen LogP contribution in [0.25, 0.3) is 0 Å². The normalized spacial score (nSPS) is 11.4. The Hall–Kier alpha value is -1.54. The lowest BCUT2D eigenvalue weighted by atomic mass is 10.3. The molecule has 0 unspecified atom stereocenters. The molecule has 0 saturated heterocycles. The second kappa shape index (κ2) is 4.62. The molecule has 0 aliphatic rings. The number of halogens is 1. The summed E-state index contributed by atoms with van der Waals surface area (Å²) in [5.74, 6) is 0.0699. The van der Waals surface area contributed by atoms with Gasteiger partial charge in [-0.05, 0) is 41.1 Å². The molecule has 0 spiro atoms. The van der Waals surface area contributed by atoms with E-state index in [9.17, 15) is 8.42 Å². The highest BCUT2D eigenvalue weighted by Crippen LogP contribution is 2.24. The maximum absolute atomic E-state index is 12.0. The minimum atomic E-state index is -3.71. The fourth-order valence-corrected chi connectivity index (χ4v) is 2.81. The smallest absolute Gasteiger partial charge is 0.264 e. The third kappa shape index (κ3) is 2.65. The third-order valence-electron chi connectivity index (χ3n) is 2.15. The Balaban J connectivity index is 2.33. The number of aromatic nitrogens is 1. The number of nitrogens with two attached hydrogens (primary N) is 1. The molecule has 96 valence electrons. The van der Waals surface area contributed by atoms with Crippen LogP contribution in [0.1, 0.15) is 5.69 Å². The van der Waals surface area contributed by atoms with Crippen LogP contribution in [0.4, 0.5) is 11.6 Å². The highest BCUT2D eigenvalue weighted by atomic mass is 79.9. The molecular formula is C10H10BrN3O3S. The SMILES string of the molecule is Cc1cc(NS(=O)(=O)c2ccc(N)c(Br)c2)on1. The Labute approximate surface area is 112 Å². The minimum absolute atomic E-state index is 0.0699. The number of benzene rings is 1. The molecule has 3 N–H and O–H groups in total. The predicted octanol–water partition coefficient (Wildman–Crippen LogP) is 2.13. The van der Waals surface area contributed by atoms with Gasteiger partial charge in [-0.2, -0.15) is 0 Å². The van der Waals surface area contributed by atoms with Gasteiger partial charge in [0.2, 0.25) is 5.88 Å². The van der Waals surface area contributed by atoms with Crippen LogP contribution in [0.3, 0.4) is 0 Å². The summed E-state index contributed by atoms with van der Waals surface area (Å²) in [4.78, 5) is 0.0811. The van der Waals surface area contributed by atoms with Gasteiger partial charge in [0, 0.05) is 16.2 Å². The molecule has 0 radical (unpaired) electrons.